The van der Waals surface area contributed by atoms with Gasteiger partial charge >= 0.3 is 5.97 Å². The number of allylic oxidation sites excluding steroid dienone is 1. The fourth-order valence-corrected chi connectivity index (χ4v) is 4.54. The molecule has 0 aromatic heterocycles. The summed E-state index contributed by atoms with van der Waals surface area (Å²) in [5, 5.41) is 16.6. The van der Waals surface area contributed by atoms with Gasteiger partial charge in [0.1, 0.15) is 0 Å². The lowest BCUT2D eigenvalue weighted by atomic mass is 9.77. The fraction of sp³-hybridized carbons (Fsp3) is 0.292. The van der Waals surface area contributed by atoms with Gasteiger partial charge in [0.25, 0.3) is 0 Å². The second-order valence-electron chi connectivity index (χ2n) is 7.83. The molecule has 7 heteroatoms. The molecule has 1 aliphatic carbocycles. The van der Waals surface area contributed by atoms with Crippen molar-refractivity contribution in [2.45, 2.75) is 38.1 Å². The summed E-state index contributed by atoms with van der Waals surface area (Å²) in [6.07, 6.45) is 4.58. The molecule has 4 rings (SSSR count). The molecule has 1 fully saturated rings. The van der Waals surface area contributed by atoms with Crippen LogP contribution >= 0.6 is 23.2 Å². The molecule has 1 aliphatic heterocycles. The zero-order valence-electron chi connectivity index (χ0n) is 16.8. The number of hydrogen-bond donors (Lipinski definition) is 1. The van der Waals surface area contributed by atoms with Crippen LogP contribution < -0.4 is 0 Å². The number of fused-ring (bicyclic) bond motifs is 1. The van der Waals surface area contributed by atoms with Crippen LogP contribution in [0.3, 0.4) is 0 Å². The molecule has 1 amide bonds. The summed E-state index contributed by atoms with van der Waals surface area (Å²) in [6, 6.07) is 14.8. The molecule has 1 N–H and O–H groups in total. The highest BCUT2D eigenvalue weighted by molar-refractivity contribution is 6.30. The van der Waals surface area contributed by atoms with Crippen LogP contribution in [0.25, 0.3) is 6.08 Å². The number of carbonyl (C=O) groups excluding carboxylic acids is 1. The summed E-state index contributed by atoms with van der Waals surface area (Å²) >= 11 is 12.1. The average Bonchev–Trinajstić information content (AvgIpc) is 3.15. The Hall–Kier alpha value is -2.63. The molecule has 0 radical (unpaired) electrons. The van der Waals surface area contributed by atoms with E-state index in [2.05, 4.69) is 6.08 Å². The molecule has 2 aliphatic rings. The van der Waals surface area contributed by atoms with Gasteiger partial charge in [0.2, 0.25) is 5.91 Å². The van der Waals surface area contributed by atoms with Gasteiger partial charge < -0.3 is 5.11 Å². The van der Waals surface area contributed by atoms with Crippen LogP contribution in [0.1, 0.15) is 49.3 Å². The maximum Gasteiger partial charge on any atom is 0.303 e. The second-order valence-corrected chi connectivity index (χ2v) is 8.71. The van der Waals surface area contributed by atoms with Crippen molar-refractivity contribution in [1.29, 1.82) is 0 Å². The number of nitrogens with zero attached hydrogens (tertiary/aromatic N) is 2. The van der Waals surface area contributed by atoms with Crippen molar-refractivity contribution in [2.75, 3.05) is 0 Å². The smallest absolute Gasteiger partial charge is 0.303 e. The first kappa shape index (κ1) is 21.6. The number of amides is 1. The standard InChI is InChI=1S/C24H22Cl2N2O3/c25-18-8-4-15(5-9-18)14-17-2-1-3-20-23(17)27-28(21(29)12-13-22(30)31)24(20)16-6-10-19(26)11-7-16/h4-11,14,20,24H,1-3,12-13H2,(H,30,31)/b17-14-. The first-order chi connectivity index (χ1) is 14.9. The summed E-state index contributed by atoms with van der Waals surface area (Å²) < 4.78 is 0. The summed E-state index contributed by atoms with van der Waals surface area (Å²) in [7, 11) is 0. The lowest BCUT2D eigenvalue weighted by molar-refractivity contribution is -0.141. The molecule has 0 spiro atoms. The number of carboxylic acids is 1. The van der Waals surface area contributed by atoms with Gasteiger partial charge in [-0.3, -0.25) is 9.59 Å². The van der Waals surface area contributed by atoms with Crippen molar-refractivity contribution in [3.05, 3.63) is 75.3 Å². The number of rotatable bonds is 5. The molecule has 5 nitrogen and oxygen atoms in total. The number of benzene rings is 2. The van der Waals surface area contributed by atoms with Crippen LogP contribution in [-0.2, 0) is 9.59 Å². The third-order valence-corrected chi connectivity index (χ3v) is 6.24. The minimum absolute atomic E-state index is 0.0576. The molecule has 2 aromatic carbocycles. The third-order valence-electron chi connectivity index (χ3n) is 5.73. The van der Waals surface area contributed by atoms with Crippen LogP contribution in [-0.4, -0.2) is 27.7 Å². The average molecular weight is 457 g/mol. The Morgan fingerprint density at radius 2 is 1.68 bits per heavy atom. The fourth-order valence-electron chi connectivity index (χ4n) is 4.29. The number of halogens is 2. The Labute approximate surface area is 191 Å². The monoisotopic (exact) mass is 456 g/mol. The van der Waals surface area contributed by atoms with Gasteiger partial charge in [0.05, 0.1) is 18.2 Å². The molecule has 0 saturated heterocycles. The normalized spacial score (nSPS) is 21.7. The maximum absolute atomic E-state index is 12.9. The SMILES string of the molecule is O=C(O)CCC(=O)N1N=C2/C(=C\c3ccc(Cl)cc3)CCCC2C1c1ccc(Cl)cc1. The van der Waals surface area contributed by atoms with Crippen molar-refractivity contribution < 1.29 is 14.7 Å². The Morgan fingerprint density at radius 1 is 1.03 bits per heavy atom. The molecule has 0 bridgehead atoms. The zero-order valence-corrected chi connectivity index (χ0v) is 18.3. The Bertz CT molecular complexity index is 1050. The van der Waals surface area contributed by atoms with Gasteiger partial charge in [-0.25, -0.2) is 5.01 Å². The highest BCUT2D eigenvalue weighted by atomic mass is 35.5. The molecular weight excluding hydrogens is 435 g/mol. The number of carboxylic acid groups (broad SMARTS) is 1. The van der Waals surface area contributed by atoms with Gasteiger partial charge in [-0.1, -0.05) is 47.5 Å². The van der Waals surface area contributed by atoms with Gasteiger partial charge in [0, 0.05) is 22.4 Å². The maximum atomic E-state index is 12.9. The zero-order chi connectivity index (χ0) is 22.0. The quantitative estimate of drug-likeness (QED) is 0.601. The number of hydrazone groups is 1. The topological polar surface area (TPSA) is 70.0 Å². The van der Waals surface area contributed by atoms with E-state index in [0.29, 0.717) is 10.0 Å². The molecule has 1 heterocycles. The Balaban J connectivity index is 1.70. The van der Waals surface area contributed by atoms with E-state index in [1.54, 1.807) is 0 Å². The Morgan fingerprint density at radius 3 is 2.32 bits per heavy atom. The van der Waals surface area contributed by atoms with Crippen molar-refractivity contribution in [3.63, 3.8) is 0 Å². The third kappa shape index (κ3) is 4.83. The van der Waals surface area contributed by atoms with Gasteiger partial charge in [-0.2, -0.15) is 5.10 Å². The largest absolute Gasteiger partial charge is 0.481 e. The molecule has 2 aromatic rings. The van der Waals surface area contributed by atoms with E-state index >= 15 is 0 Å². The summed E-state index contributed by atoms with van der Waals surface area (Å²) in [5.74, 6) is -1.22. The molecule has 160 valence electrons. The number of hydrogen-bond acceptors (Lipinski definition) is 3. The van der Waals surface area contributed by atoms with Crippen molar-refractivity contribution in [1.82, 2.24) is 5.01 Å². The minimum atomic E-state index is -0.996. The van der Waals surface area contributed by atoms with Crippen LogP contribution in [0.5, 0.6) is 0 Å². The van der Waals surface area contributed by atoms with Crippen molar-refractivity contribution >= 4 is 46.9 Å². The van der Waals surface area contributed by atoms with Crippen molar-refractivity contribution in [2.24, 2.45) is 11.0 Å². The van der Waals surface area contributed by atoms with Crippen LogP contribution in [0.4, 0.5) is 0 Å². The summed E-state index contributed by atoms with van der Waals surface area (Å²) in [6.45, 7) is 0. The van der Waals surface area contributed by atoms with Crippen LogP contribution in [0.2, 0.25) is 10.0 Å². The molecule has 2 atom stereocenters. The van der Waals surface area contributed by atoms with E-state index in [1.165, 1.54) is 5.01 Å². The van der Waals surface area contributed by atoms with Gasteiger partial charge in [-0.05, 0) is 66.3 Å². The van der Waals surface area contributed by atoms with Crippen LogP contribution in [0.15, 0.2) is 59.2 Å². The van der Waals surface area contributed by atoms with Gasteiger partial charge in [0.15, 0.2) is 0 Å². The predicted octanol–water partition coefficient (Wildman–Crippen LogP) is 5.98. The highest BCUT2D eigenvalue weighted by Gasteiger charge is 2.43. The predicted molar refractivity (Wildman–Crippen MR) is 122 cm³/mol. The van der Waals surface area contributed by atoms with Crippen molar-refractivity contribution in [3.8, 4) is 0 Å². The number of aliphatic carboxylic acids is 1. The highest BCUT2D eigenvalue weighted by Crippen LogP contribution is 2.44. The molecule has 1 saturated carbocycles. The van der Waals surface area contributed by atoms with E-state index in [0.717, 1.165) is 41.7 Å². The molecule has 31 heavy (non-hydrogen) atoms. The van der Waals surface area contributed by atoms with E-state index < -0.39 is 5.97 Å². The van der Waals surface area contributed by atoms with Crippen LogP contribution in [0, 0.1) is 5.92 Å². The van der Waals surface area contributed by atoms with E-state index in [9.17, 15) is 9.59 Å². The Kier molecular flexibility index (Phi) is 6.44. The lowest BCUT2D eigenvalue weighted by Gasteiger charge is -2.29. The summed E-state index contributed by atoms with van der Waals surface area (Å²) in [5.41, 5.74) is 3.99. The first-order valence-electron chi connectivity index (χ1n) is 10.3. The van der Waals surface area contributed by atoms with E-state index in [1.807, 2.05) is 48.5 Å². The van der Waals surface area contributed by atoms with E-state index in [4.69, 9.17) is 33.4 Å². The molecule has 2 unspecified atom stereocenters. The van der Waals surface area contributed by atoms with Gasteiger partial charge in [-0.15, -0.1) is 0 Å². The lowest BCUT2D eigenvalue weighted by Crippen LogP contribution is -2.32. The minimum Gasteiger partial charge on any atom is -0.481 e. The van der Waals surface area contributed by atoms with E-state index in [-0.39, 0.29) is 30.7 Å². The summed E-state index contributed by atoms with van der Waals surface area (Å²) in [4.78, 5) is 23.9. The first-order valence-corrected chi connectivity index (χ1v) is 11.0. The second kappa shape index (κ2) is 9.25. The molecular formula is C24H22Cl2N2O3. The number of carbonyl (C=O) groups is 2.